The number of amides is 1. The van der Waals surface area contributed by atoms with Crippen LogP contribution in [0.2, 0.25) is 0 Å². The summed E-state index contributed by atoms with van der Waals surface area (Å²) in [6, 6.07) is 13.3. The highest BCUT2D eigenvalue weighted by Gasteiger charge is 2.18. The molecule has 3 rings (SSSR count). The van der Waals surface area contributed by atoms with Gasteiger partial charge in [-0.2, -0.15) is 0 Å². The lowest BCUT2D eigenvalue weighted by Gasteiger charge is -2.12. The average Bonchev–Trinajstić information content (AvgIpc) is 3.24. The molecule has 6 heteroatoms. The second kappa shape index (κ2) is 7.04. The Morgan fingerprint density at radius 3 is 2.79 bits per heavy atom. The van der Waals surface area contributed by atoms with E-state index in [-0.39, 0.29) is 5.91 Å². The van der Waals surface area contributed by atoms with Crippen LogP contribution in [-0.4, -0.2) is 21.8 Å². The number of ether oxygens (including phenoxy) is 1. The van der Waals surface area contributed by atoms with Crippen LogP contribution < -0.4 is 10.1 Å². The first-order chi connectivity index (χ1) is 11.6. The van der Waals surface area contributed by atoms with Gasteiger partial charge in [-0.15, -0.1) is 5.10 Å². The number of carbonyl (C=O) groups is 1. The molecule has 6 nitrogen and oxygen atoms in total. The maximum Gasteiger partial charge on any atom is 0.261 e. The summed E-state index contributed by atoms with van der Waals surface area (Å²) in [6.07, 6.45) is 2.79. The fraction of sp³-hybridized carbons (Fsp3) is 0.222. The Kier molecular flexibility index (Phi) is 4.65. The van der Waals surface area contributed by atoms with Crippen molar-refractivity contribution in [1.29, 1.82) is 0 Å². The van der Waals surface area contributed by atoms with Crippen LogP contribution in [0, 0.1) is 6.92 Å². The van der Waals surface area contributed by atoms with Gasteiger partial charge >= 0.3 is 0 Å². The predicted molar refractivity (Wildman–Crippen MR) is 88.9 cm³/mol. The number of benzene rings is 1. The number of rotatable bonds is 6. The van der Waals surface area contributed by atoms with Crippen molar-refractivity contribution in [3.05, 3.63) is 66.2 Å². The van der Waals surface area contributed by atoms with Gasteiger partial charge in [0.15, 0.2) is 6.10 Å². The molecule has 0 saturated heterocycles. The van der Waals surface area contributed by atoms with Crippen LogP contribution in [0.4, 0.5) is 0 Å². The van der Waals surface area contributed by atoms with E-state index in [9.17, 15) is 4.79 Å². The molecule has 1 amide bonds. The van der Waals surface area contributed by atoms with Gasteiger partial charge in [0.1, 0.15) is 5.76 Å². The zero-order valence-corrected chi connectivity index (χ0v) is 13.6. The van der Waals surface area contributed by atoms with Crippen LogP contribution in [0.25, 0.3) is 5.69 Å². The van der Waals surface area contributed by atoms with Crippen molar-refractivity contribution in [3.63, 3.8) is 0 Å². The molecule has 1 N–H and O–H groups in total. The standard InChI is InChI=1S/C18H19N3O3/c1-13-12-21(15-7-4-3-5-8-15)20-18(13)24-14(2)17(22)19-11-16-9-6-10-23-16/h3-10,12,14H,11H2,1-2H3,(H,19,22)/t14-/m1/s1. The lowest BCUT2D eigenvalue weighted by Crippen LogP contribution is -2.36. The Bertz CT molecular complexity index is 794. The number of furan rings is 1. The molecule has 0 radical (unpaired) electrons. The van der Waals surface area contributed by atoms with Crippen LogP contribution in [-0.2, 0) is 11.3 Å². The van der Waals surface area contributed by atoms with Gasteiger partial charge in [0.25, 0.3) is 5.91 Å². The monoisotopic (exact) mass is 325 g/mol. The number of aromatic nitrogens is 2. The molecule has 124 valence electrons. The van der Waals surface area contributed by atoms with Crippen LogP contribution in [0.3, 0.4) is 0 Å². The SMILES string of the molecule is Cc1cn(-c2ccccc2)nc1O[C@H](C)C(=O)NCc1ccco1. The third-order valence-electron chi connectivity index (χ3n) is 3.55. The van der Waals surface area contributed by atoms with Gasteiger partial charge in [-0.25, -0.2) is 4.68 Å². The van der Waals surface area contributed by atoms with Gasteiger partial charge in [-0.1, -0.05) is 18.2 Å². The normalized spacial score (nSPS) is 11.9. The van der Waals surface area contributed by atoms with Crippen molar-refractivity contribution in [2.75, 3.05) is 0 Å². The molecule has 0 saturated carbocycles. The van der Waals surface area contributed by atoms with E-state index < -0.39 is 6.10 Å². The smallest absolute Gasteiger partial charge is 0.261 e. The molecule has 1 atom stereocenters. The van der Waals surface area contributed by atoms with E-state index in [1.54, 1.807) is 30.0 Å². The third-order valence-corrected chi connectivity index (χ3v) is 3.55. The summed E-state index contributed by atoms with van der Waals surface area (Å²) in [4.78, 5) is 12.1. The second-order valence-electron chi connectivity index (χ2n) is 5.45. The van der Waals surface area contributed by atoms with Crippen LogP contribution in [0.15, 0.2) is 59.3 Å². The van der Waals surface area contributed by atoms with Gasteiger partial charge in [-0.05, 0) is 38.1 Å². The Labute approximate surface area is 140 Å². The lowest BCUT2D eigenvalue weighted by molar-refractivity contribution is -0.127. The maximum atomic E-state index is 12.1. The molecule has 1 aromatic carbocycles. The number of carbonyl (C=O) groups excluding carboxylic acids is 1. The number of nitrogens with one attached hydrogen (secondary N) is 1. The minimum Gasteiger partial charge on any atom is -0.467 e. The van der Waals surface area contributed by atoms with E-state index in [1.807, 2.05) is 43.5 Å². The molecule has 0 unspecified atom stereocenters. The Balaban J connectivity index is 1.62. The zero-order valence-electron chi connectivity index (χ0n) is 13.6. The number of hydrogen-bond donors (Lipinski definition) is 1. The Hall–Kier alpha value is -3.02. The van der Waals surface area contributed by atoms with E-state index in [4.69, 9.17) is 9.15 Å². The van der Waals surface area contributed by atoms with Crippen LogP contribution in [0.5, 0.6) is 5.88 Å². The van der Waals surface area contributed by atoms with Crippen molar-refractivity contribution in [2.45, 2.75) is 26.5 Å². The van der Waals surface area contributed by atoms with Crippen LogP contribution >= 0.6 is 0 Å². The number of para-hydroxylation sites is 1. The first kappa shape index (κ1) is 15.9. The molecule has 0 fully saturated rings. The molecule has 0 aliphatic rings. The molecule has 0 spiro atoms. The van der Waals surface area contributed by atoms with Crippen molar-refractivity contribution in [2.24, 2.45) is 0 Å². The van der Waals surface area contributed by atoms with Gasteiger partial charge < -0.3 is 14.5 Å². The second-order valence-corrected chi connectivity index (χ2v) is 5.45. The van der Waals surface area contributed by atoms with E-state index >= 15 is 0 Å². The molecule has 2 heterocycles. The first-order valence-corrected chi connectivity index (χ1v) is 7.72. The average molecular weight is 325 g/mol. The predicted octanol–water partition coefficient (Wildman–Crippen LogP) is 2.86. The number of hydrogen-bond acceptors (Lipinski definition) is 4. The fourth-order valence-corrected chi connectivity index (χ4v) is 2.23. The molecule has 0 bridgehead atoms. The Morgan fingerprint density at radius 1 is 1.29 bits per heavy atom. The third kappa shape index (κ3) is 3.65. The summed E-state index contributed by atoms with van der Waals surface area (Å²) in [5.41, 5.74) is 1.80. The summed E-state index contributed by atoms with van der Waals surface area (Å²) >= 11 is 0. The van der Waals surface area contributed by atoms with Gasteiger partial charge in [0, 0.05) is 11.8 Å². The van der Waals surface area contributed by atoms with E-state index in [0.29, 0.717) is 18.2 Å². The first-order valence-electron chi connectivity index (χ1n) is 7.72. The van der Waals surface area contributed by atoms with Gasteiger partial charge in [-0.3, -0.25) is 4.79 Å². The molecule has 24 heavy (non-hydrogen) atoms. The van der Waals surface area contributed by atoms with E-state index in [0.717, 1.165) is 11.3 Å². The lowest BCUT2D eigenvalue weighted by atomic mass is 10.3. The summed E-state index contributed by atoms with van der Waals surface area (Å²) in [5.74, 6) is 0.916. The van der Waals surface area contributed by atoms with Gasteiger partial charge in [0.2, 0.25) is 5.88 Å². The Morgan fingerprint density at radius 2 is 2.08 bits per heavy atom. The largest absolute Gasteiger partial charge is 0.467 e. The molecular weight excluding hydrogens is 306 g/mol. The fourth-order valence-electron chi connectivity index (χ4n) is 2.23. The maximum absolute atomic E-state index is 12.1. The minimum atomic E-state index is -0.655. The topological polar surface area (TPSA) is 69.3 Å². The highest BCUT2D eigenvalue weighted by Crippen LogP contribution is 2.19. The van der Waals surface area contributed by atoms with E-state index in [1.165, 1.54) is 0 Å². The van der Waals surface area contributed by atoms with E-state index in [2.05, 4.69) is 10.4 Å². The molecule has 0 aliphatic carbocycles. The molecule has 0 aliphatic heterocycles. The summed E-state index contributed by atoms with van der Waals surface area (Å²) in [6.45, 7) is 3.92. The minimum absolute atomic E-state index is 0.222. The van der Waals surface area contributed by atoms with Gasteiger partial charge in [0.05, 0.1) is 18.5 Å². The summed E-state index contributed by atoms with van der Waals surface area (Å²) in [5, 5.41) is 7.18. The number of aryl methyl sites for hydroxylation is 1. The van der Waals surface area contributed by atoms with Crippen molar-refractivity contribution in [3.8, 4) is 11.6 Å². The zero-order chi connectivity index (χ0) is 16.9. The molecule has 2 aromatic heterocycles. The molecule has 3 aromatic rings. The summed E-state index contributed by atoms with van der Waals surface area (Å²) < 4.78 is 12.6. The quantitative estimate of drug-likeness (QED) is 0.756. The van der Waals surface area contributed by atoms with Crippen molar-refractivity contribution < 1.29 is 13.9 Å². The van der Waals surface area contributed by atoms with Crippen molar-refractivity contribution >= 4 is 5.91 Å². The van der Waals surface area contributed by atoms with Crippen molar-refractivity contribution in [1.82, 2.24) is 15.1 Å². The molecular formula is C18H19N3O3. The summed E-state index contributed by atoms with van der Waals surface area (Å²) in [7, 11) is 0. The highest BCUT2D eigenvalue weighted by molar-refractivity contribution is 5.80. The van der Waals surface area contributed by atoms with Crippen LogP contribution in [0.1, 0.15) is 18.2 Å². The highest BCUT2D eigenvalue weighted by atomic mass is 16.5. The number of nitrogens with zero attached hydrogens (tertiary/aromatic N) is 2.